The van der Waals surface area contributed by atoms with Crippen molar-refractivity contribution in [3.63, 3.8) is 0 Å². The zero-order valence-electron chi connectivity index (χ0n) is 15.5. The smallest absolute Gasteiger partial charge is 0.314 e. The van der Waals surface area contributed by atoms with Crippen LogP contribution >= 0.6 is 0 Å². The Kier molecular flexibility index (Phi) is 7.88. The number of esters is 1. The van der Waals surface area contributed by atoms with Gasteiger partial charge in [-0.25, -0.2) is 0 Å². The van der Waals surface area contributed by atoms with E-state index in [0.29, 0.717) is 5.92 Å². The Balaban J connectivity index is 2.64. The Morgan fingerprint density at radius 2 is 1.73 bits per heavy atom. The normalized spacial score (nSPS) is 20.9. The Morgan fingerprint density at radius 1 is 1.14 bits per heavy atom. The first-order chi connectivity index (χ1) is 10.3. The molecule has 0 N–H and O–H groups in total. The lowest BCUT2D eigenvalue weighted by Crippen LogP contribution is -2.39. The van der Waals surface area contributed by atoms with E-state index < -0.39 is 5.41 Å². The van der Waals surface area contributed by atoms with Crippen LogP contribution in [0.4, 0.5) is 0 Å². The second kappa shape index (κ2) is 8.90. The van der Waals surface area contributed by atoms with Gasteiger partial charge in [0.25, 0.3) is 0 Å². The van der Waals surface area contributed by atoms with Crippen molar-refractivity contribution in [2.24, 2.45) is 17.3 Å². The second-order valence-corrected chi connectivity index (χ2v) is 7.81. The fraction of sp³-hybridized carbons (Fsp3) is 0.947. The molecule has 1 rings (SSSR count). The maximum Gasteiger partial charge on any atom is 0.314 e. The van der Waals surface area contributed by atoms with Crippen LogP contribution in [0.5, 0.6) is 0 Å². The summed E-state index contributed by atoms with van der Waals surface area (Å²) >= 11 is 0. The molecule has 0 spiro atoms. The molecule has 22 heavy (non-hydrogen) atoms. The van der Waals surface area contributed by atoms with E-state index in [9.17, 15) is 4.79 Å². The van der Waals surface area contributed by atoms with Crippen molar-refractivity contribution < 1.29 is 14.3 Å². The molecule has 1 aliphatic rings. The Morgan fingerprint density at radius 3 is 2.18 bits per heavy atom. The van der Waals surface area contributed by atoms with Crippen molar-refractivity contribution in [3.8, 4) is 0 Å². The molecule has 1 aliphatic carbocycles. The molecule has 0 amide bonds. The first-order valence-corrected chi connectivity index (χ1v) is 9.16. The summed E-state index contributed by atoms with van der Waals surface area (Å²) < 4.78 is 11.8. The zero-order chi connectivity index (χ0) is 16.8. The molecule has 0 saturated heterocycles. The highest BCUT2D eigenvalue weighted by molar-refractivity contribution is 5.76. The van der Waals surface area contributed by atoms with E-state index in [1.807, 2.05) is 13.8 Å². The maximum atomic E-state index is 12.8. The average Bonchev–Trinajstić information content (AvgIpc) is 2.46. The molecule has 0 radical (unpaired) electrons. The minimum atomic E-state index is -0.433. The lowest BCUT2D eigenvalue weighted by molar-refractivity contribution is -0.205. The van der Waals surface area contributed by atoms with Crippen molar-refractivity contribution in [2.45, 2.75) is 98.9 Å². The third kappa shape index (κ3) is 5.57. The molecule has 130 valence electrons. The molecule has 2 atom stereocenters. The average molecular weight is 312 g/mol. The van der Waals surface area contributed by atoms with Gasteiger partial charge in [0.1, 0.15) is 0 Å². The predicted molar refractivity (Wildman–Crippen MR) is 90.5 cm³/mol. The van der Waals surface area contributed by atoms with Gasteiger partial charge in [-0.15, -0.1) is 0 Å². The van der Waals surface area contributed by atoms with Gasteiger partial charge >= 0.3 is 5.97 Å². The van der Waals surface area contributed by atoms with Gasteiger partial charge in [0.05, 0.1) is 11.5 Å². The Labute approximate surface area is 137 Å². The van der Waals surface area contributed by atoms with Crippen LogP contribution in [0.3, 0.4) is 0 Å². The summed E-state index contributed by atoms with van der Waals surface area (Å²) in [4.78, 5) is 12.8. The highest BCUT2D eigenvalue weighted by atomic mass is 16.7. The molecule has 3 nitrogen and oxygen atoms in total. The van der Waals surface area contributed by atoms with Crippen molar-refractivity contribution in [1.29, 1.82) is 0 Å². The first-order valence-electron chi connectivity index (χ1n) is 9.16. The molecule has 0 aromatic carbocycles. The highest BCUT2D eigenvalue weighted by Gasteiger charge is 2.40. The molecule has 0 aliphatic heterocycles. The van der Waals surface area contributed by atoms with Crippen LogP contribution in [-0.4, -0.2) is 18.4 Å². The van der Waals surface area contributed by atoms with Crippen LogP contribution in [-0.2, 0) is 14.3 Å². The van der Waals surface area contributed by atoms with Gasteiger partial charge in [-0.2, -0.15) is 0 Å². The monoisotopic (exact) mass is 312 g/mol. The standard InChI is InChI=1S/C19H36O3/c1-7-17(21-16-11-9-8-10-12-16)22-18(20)19(6,15(4)5)13-14(2)3/h14-17H,7-13H2,1-6H3. The summed E-state index contributed by atoms with van der Waals surface area (Å²) in [5.41, 5.74) is -0.433. The van der Waals surface area contributed by atoms with Gasteiger partial charge in [-0.05, 0) is 38.0 Å². The van der Waals surface area contributed by atoms with E-state index in [4.69, 9.17) is 9.47 Å². The maximum absolute atomic E-state index is 12.8. The van der Waals surface area contributed by atoms with E-state index in [1.54, 1.807) is 0 Å². The summed E-state index contributed by atoms with van der Waals surface area (Å²) in [7, 11) is 0. The van der Waals surface area contributed by atoms with E-state index >= 15 is 0 Å². The summed E-state index contributed by atoms with van der Waals surface area (Å²) in [6.07, 6.45) is 7.40. The number of ether oxygens (including phenoxy) is 2. The highest BCUT2D eigenvalue weighted by Crippen LogP contribution is 2.36. The Bertz CT molecular complexity index is 332. The van der Waals surface area contributed by atoms with Crippen LogP contribution in [0.15, 0.2) is 0 Å². The largest absolute Gasteiger partial charge is 0.435 e. The molecular formula is C19H36O3. The zero-order valence-corrected chi connectivity index (χ0v) is 15.5. The first kappa shape index (κ1) is 19.5. The molecule has 0 aromatic heterocycles. The van der Waals surface area contributed by atoms with E-state index in [1.165, 1.54) is 19.3 Å². The fourth-order valence-electron chi connectivity index (χ4n) is 3.28. The topological polar surface area (TPSA) is 35.5 Å². The number of carbonyl (C=O) groups excluding carboxylic acids is 1. The summed E-state index contributed by atoms with van der Waals surface area (Å²) in [5, 5.41) is 0. The SMILES string of the molecule is CCC(OC(=O)C(C)(CC(C)C)C(C)C)OC1CCCCC1. The third-order valence-electron chi connectivity index (χ3n) is 5.04. The third-order valence-corrected chi connectivity index (χ3v) is 5.04. The summed E-state index contributed by atoms with van der Waals surface area (Å²) in [5.74, 6) is 0.632. The number of carbonyl (C=O) groups is 1. The minimum Gasteiger partial charge on any atom is -0.435 e. The van der Waals surface area contributed by atoms with E-state index in [-0.39, 0.29) is 24.3 Å². The molecular weight excluding hydrogens is 276 g/mol. The molecule has 3 heteroatoms. The summed E-state index contributed by atoms with van der Waals surface area (Å²) in [6, 6.07) is 0. The van der Waals surface area contributed by atoms with Crippen LogP contribution in [0.2, 0.25) is 0 Å². The van der Waals surface area contributed by atoms with Gasteiger partial charge in [-0.3, -0.25) is 4.79 Å². The number of hydrogen-bond donors (Lipinski definition) is 0. The van der Waals surface area contributed by atoms with Crippen LogP contribution < -0.4 is 0 Å². The molecule has 2 unspecified atom stereocenters. The molecule has 1 fully saturated rings. The lowest BCUT2D eigenvalue weighted by atomic mass is 9.73. The molecule has 0 bridgehead atoms. The van der Waals surface area contributed by atoms with Crippen LogP contribution in [0.25, 0.3) is 0 Å². The van der Waals surface area contributed by atoms with Crippen molar-refractivity contribution >= 4 is 5.97 Å². The van der Waals surface area contributed by atoms with Crippen LogP contribution in [0, 0.1) is 17.3 Å². The quantitative estimate of drug-likeness (QED) is 0.449. The fourth-order valence-corrected chi connectivity index (χ4v) is 3.28. The minimum absolute atomic E-state index is 0.0983. The second-order valence-electron chi connectivity index (χ2n) is 7.81. The lowest BCUT2D eigenvalue weighted by Gasteiger charge is -2.35. The molecule has 1 saturated carbocycles. The molecule has 0 heterocycles. The van der Waals surface area contributed by atoms with Crippen LogP contribution in [0.1, 0.15) is 86.5 Å². The van der Waals surface area contributed by atoms with Gasteiger partial charge in [0.15, 0.2) is 0 Å². The van der Waals surface area contributed by atoms with E-state index in [0.717, 1.165) is 25.7 Å². The van der Waals surface area contributed by atoms with Crippen molar-refractivity contribution in [1.82, 2.24) is 0 Å². The molecule has 0 aromatic rings. The van der Waals surface area contributed by atoms with E-state index in [2.05, 4.69) is 27.7 Å². The van der Waals surface area contributed by atoms with Crippen molar-refractivity contribution in [2.75, 3.05) is 0 Å². The van der Waals surface area contributed by atoms with Gasteiger partial charge in [0.2, 0.25) is 6.29 Å². The predicted octanol–water partition coefficient (Wildman–Crippen LogP) is 5.32. The Hall–Kier alpha value is -0.570. The van der Waals surface area contributed by atoms with Crippen molar-refractivity contribution in [3.05, 3.63) is 0 Å². The van der Waals surface area contributed by atoms with Gasteiger partial charge in [-0.1, -0.05) is 53.9 Å². The van der Waals surface area contributed by atoms with Gasteiger partial charge < -0.3 is 9.47 Å². The number of hydrogen-bond acceptors (Lipinski definition) is 3. The van der Waals surface area contributed by atoms with Gasteiger partial charge in [0, 0.05) is 6.42 Å². The summed E-state index contributed by atoms with van der Waals surface area (Å²) in [6.45, 7) is 12.6. The number of rotatable bonds is 8.